The zero-order valence-corrected chi connectivity index (χ0v) is 23.7. The minimum atomic E-state index is -4.08. The molecule has 14 heteroatoms. The van der Waals surface area contributed by atoms with Gasteiger partial charge in [-0.15, -0.1) is 10.2 Å². The van der Waals surface area contributed by atoms with Gasteiger partial charge in [0.2, 0.25) is 21.9 Å². The van der Waals surface area contributed by atoms with E-state index in [1.54, 1.807) is 48.8 Å². The van der Waals surface area contributed by atoms with Crippen molar-refractivity contribution in [2.24, 2.45) is 0 Å². The van der Waals surface area contributed by atoms with Gasteiger partial charge in [0.1, 0.15) is 34.7 Å². The van der Waals surface area contributed by atoms with Gasteiger partial charge in [-0.05, 0) is 37.1 Å². The highest BCUT2D eigenvalue weighted by Crippen LogP contribution is 2.37. The summed E-state index contributed by atoms with van der Waals surface area (Å²) in [5.41, 5.74) is 1.59. The van der Waals surface area contributed by atoms with E-state index < -0.39 is 21.9 Å². The molecule has 212 valence electrons. The fraction of sp³-hybridized carbons (Fsp3) is 0.346. The number of hydrogen-bond acceptors (Lipinski definition) is 11. The summed E-state index contributed by atoms with van der Waals surface area (Å²) in [6.45, 7) is 4.10. The molecule has 1 aromatic carbocycles. The highest BCUT2D eigenvalue weighted by Gasteiger charge is 2.29. The Labute approximate surface area is 232 Å². The molecule has 0 radical (unpaired) electrons. The van der Waals surface area contributed by atoms with Crippen LogP contribution in [0.2, 0.25) is 0 Å². The van der Waals surface area contributed by atoms with E-state index in [4.69, 9.17) is 18.9 Å². The Morgan fingerprint density at radius 1 is 0.950 bits per heavy atom. The molecule has 0 amide bonds. The molecular formula is C26H31N7O6S. The topological polar surface area (TPSA) is 152 Å². The van der Waals surface area contributed by atoms with E-state index in [0.29, 0.717) is 41.8 Å². The first-order valence-corrected chi connectivity index (χ1v) is 14.0. The van der Waals surface area contributed by atoms with E-state index in [1.807, 2.05) is 13.8 Å². The Kier molecular flexibility index (Phi) is 9.11. The van der Waals surface area contributed by atoms with E-state index in [0.717, 1.165) is 5.56 Å². The molecule has 40 heavy (non-hydrogen) atoms. The number of pyridine rings is 1. The van der Waals surface area contributed by atoms with Crippen LogP contribution in [-0.2, 0) is 14.8 Å². The van der Waals surface area contributed by atoms with Gasteiger partial charge < -0.3 is 18.9 Å². The van der Waals surface area contributed by atoms with Gasteiger partial charge in [-0.3, -0.25) is 9.29 Å². The molecule has 0 aliphatic heterocycles. The molecule has 0 saturated heterocycles. The number of nitrogens with one attached hydrogen (secondary N) is 1. The summed E-state index contributed by atoms with van der Waals surface area (Å²) < 4.78 is 53.4. The molecule has 0 aliphatic carbocycles. The van der Waals surface area contributed by atoms with E-state index in [-0.39, 0.29) is 17.6 Å². The van der Waals surface area contributed by atoms with Crippen molar-refractivity contribution in [3.63, 3.8) is 0 Å². The number of aryl methyl sites for hydroxylation is 1. The first kappa shape index (κ1) is 28.7. The lowest BCUT2D eigenvalue weighted by atomic mass is 10.2. The van der Waals surface area contributed by atoms with Crippen molar-refractivity contribution >= 4 is 16.0 Å². The summed E-state index contributed by atoms with van der Waals surface area (Å²) in [6.07, 6.45) is 3.01. The van der Waals surface area contributed by atoms with Gasteiger partial charge in [-0.2, -0.15) is 0 Å². The molecule has 0 bridgehead atoms. The average molecular weight is 570 g/mol. The van der Waals surface area contributed by atoms with Gasteiger partial charge in [-0.1, -0.05) is 19.1 Å². The third-order valence-electron chi connectivity index (χ3n) is 5.68. The summed E-state index contributed by atoms with van der Waals surface area (Å²) in [5.74, 6) is 1.04. The lowest BCUT2D eigenvalue weighted by Gasteiger charge is -2.19. The number of hydrogen-bond donors (Lipinski definition) is 1. The summed E-state index contributed by atoms with van der Waals surface area (Å²) in [6, 6.07) is 10.3. The predicted molar refractivity (Wildman–Crippen MR) is 147 cm³/mol. The van der Waals surface area contributed by atoms with Gasteiger partial charge in [0.25, 0.3) is 0 Å². The number of para-hydroxylation sites is 1. The minimum absolute atomic E-state index is 0.110. The normalized spacial score (nSPS) is 12.1. The van der Waals surface area contributed by atoms with Crippen LogP contribution in [0.4, 0.5) is 5.95 Å². The first-order valence-electron chi connectivity index (χ1n) is 12.4. The lowest BCUT2D eigenvalue weighted by Crippen LogP contribution is -2.26. The molecule has 13 nitrogen and oxygen atoms in total. The summed E-state index contributed by atoms with van der Waals surface area (Å²) in [7, 11) is 0.402. The molecule has 4 aromatic rings. The molecule has 0 saturated carbocycles. The molecule has 3 aromatic heterocycles. The van der Waals surface area contributed by atoms with Crippen molar-refractivity contribution in [1.82, 2.24) is 29.7 Å². The minimum Gasteiger partial charge on any atom is -0.494 e. The maximum atomic E-state index is 13.5. The fourth-order valence-electron chi connectivity index (χ4n) is 3.84. The molecule has 0 unspecified atom stereocenters. The van der Waals surface area contributed by atoms with Gasteiger partial charge in [0, 0.05) is 25.1 Å². The number of anilines is 1. The van der Waals surface area contributed by atoms with Crippen LogP contribution < -0.4 is 18.9 Å². The first-order chi connectivity index (χ1) is 19.3. The van der Waals surface area contributed by atoms with Crippen LogP contribution in [0.25, 0.3) is 17.2 Å². The van der Waals surface area contributed by atoms with E-state index in [1.165, 1.54) is 25.9 Å². The third kappa shape index (κ3) is 6.46. The Balaban J connectivity index is 1.80. The largest absolute Gasteiger partial charge is 0.494 e. The van der Waals surface area contributed by atoms with Crippen molar-refractivity contribution in [3.8, 4) is 34.6 Å². The van der Waals surface area contributed by atoms with Crippen LogP contribution in [0.15, 0.2) is 48.8 Å². The number of methoxy groups -OCH3 is 3. The van der Waals surface area contributed by atoms with Gasteiger partial charge in [0.05, 0.1) is 21.3 Å². The van der Waals surface area contributed by atoms with Crippen LogP contribution in [0.3, 0.4) is 0 Å². The zero-order chi connectivity index (χ0) is 28.7. The number of rotatable bonds is 13. The van der Waals surface area contributed by atoms with Crippen molar-refractivity contribution in [2.75, 3.05) is 38.4 Å². The highest BCUT2D eigenvalue weighted by atomic mass is 32.2. The maximum Gasteiger partial charge on any atom is 0.243 e. The summed E-state index contributed by atoms with van der Waals surface area (Å²) >= 11 is 0. The molecule has 3 heterocycles. The Morgan fingerprint density at radius 3 is 2.25 bits per heavy atom. The second kappa shape index (κ2) is 12.7. The molecular weight excluding hydrogens is 538 g/mol. The van der Waals surface area contributed by atoms with E-state index in [2.05, 4.69) is 29.9 Å². The smallest absolute Gasteiger partial charge is 0.243 e. The SMILES string of the molecule is CCCO[C@@H](CS(=O)(=O)Nc1nnc(-c2cccc(OC)n2)n1-c1c(OC)cccc1OC)c1ncc(C)cn1. The number of nitrogens with zero attached hydrogens (tertiary/aromatic N) is 6. The predicted octanol–water partition coefficient (Wildman–Crippen LogP) is 3.36. The van der Waals surface area contributed by atoms with Gasteiger partial charge >= 0.3 is 0 Å². The number of sulfonamides is 1. The second-order valence-electron chi connectivity index (χ2n) is 8.62. The lowest BCUT2D eigenvalue weighted by molar-refractivity contribution is 0.0624. The standard InChI is InChI=1S/C26H31N7O6S/c1-6-13-39-21(24-27-14-17(2)15-28-24)16-40(34,35)32-26-31-30-25(18-9-7-12-22(29-18)38-5)33(26)23-19(36-3)10-8-11-20(23)37-4/h7-12,14-15,21H,6,13,16H2,1-5H3,(H,31,32)/t21-/m0/s1. The quantitative estimate of drug-likeness (QED) is 0.252. The molecule has 1 atom stereocenters. The van der Waals surface area contributed by atoms with E-state index >= 15 is 0 Å². The summed E-state index contributed by atoms with van der Waals surface area (Å²) in [5, 5.41) is 8.44. The van der Waals surface area contributed by atoms with Gasteiger partial charge in [-0.25, -0.2) is 23.4 Å². The molecule has 0 fully saturated rings. The fourth-order valence-corrected chi connectivity index (χ4v) is 4.98. The monoisotopic (exact) mass is 569 g/mol. The highest BCUT2D eigenvalue weighted by molar-refractivity contribution is 7.92. The average Bonchev–Trinajstić information content (AvgIpc) is 3.37. The van der Waals surface area contributed by atoms with Crippen LogP contribution in [0, 0.1) is 6.92 Å². The van der Waals surface area contributed by atoms with Crippen molar-refractivity contribution < 1.29 is 27.4 Å². The third-order valence-corrected chi connectivity index (χ3v) is 6.92. The molecule has 1 N–H and O–H groups in total. The van der Waals surface area contributed by atoms with E-state index in [9.17, 15) is 8.42 Å². The van der Waals surface area contributed by atoms with Crippen molar-refractivity contribution in [1.29, 1.82) is 0 Å². The Morgan fingerprint density at radius 2 is 1.62 bits per heavy atom. The summed E-state index contributed by atoms with van der Waals surface area (Å²) in [4.78, 5) is 13.0. The Hall–Kier alpha value is -4.30. The number of aromatic nitrogens is 6. The number of benzene rings is 1. The molecule has 0 aliphatic rings. The van der Waals surface area contributed by atoms with Crippen LogP contribution in [0.1, 0.15) is 30.8 Å². The van der Waals surface area contributed by atoms with Crippen molar-refractivity contribution in [2.45, 2.75) is 26.4 Å². The Bertz CT molecular complexity index is 1520. The molecule has 4 rings (SSSR count). The number of ether oxygens (including phenoxy) is 4. The molecule has 0 spiro atoms. The van der Waals surface area contributed by atoms with Crippen LogP contribution in [0.5, 0.6) is 17.4 Å². The van der Waals surface area contributed by atoms with Crippen LogP contribution in [-0.4, -0.2) is 71.8 Å². The van der Waals surface area contributed by atoms with Gasteiger partial charge in [0.15, 0.2) is 11.6 Å². The van der Waals surface area contributed by atoms with Crippen molar-refractivity contribution in [3.05, 3.63) is 60.2 Å². The zero-order valence-electron chi connectivity index (χ0n) is 22.9. The van der Waals surface area contributed by atoms with Crippen LogP contribution >= 0.6 is 0 Å². The maximum absolute atomic E-state index is 13.5. The second-order valence-corrected chi connectivity index (χ2v) is 10.4.